The van der Waals surface area contributed by atoms with Gasteiger partial charge in [0.1, 0.15) is 17.4 Å². The molecule has 0 unspecified atom stereocenters. The molecule has 5 aliphatic rings. The number of aromatic amines is 1. The van der Waals surface area contributed by atoms with E-state index in [4.69, 9.17) is 19.4 Å². The molecule has 1 spiro atoms. The zero-order chi connectivity index (χ0) is 36.2. The topological polar surface area (TPSA) is 131 Å². The van der Waals surface area contributed by atoms with Crippen molar-refractivity contribution in [2.45, 2.75) is 68.9 Å². The van der Waals surface area contributed by atoms with Crippen LogP contribution in [0.15, 0.2) is 37.1 Å². The molecule has 11 nitrogen and oxygen atoms in total. The van der Waals surface area contributed by atoms with Crippen molar-refractivity contribution >= 4 is 43.4 Å². The zero-order valence-electron chi connectivity index (χ0n) is 28.7. The van der Waals surface area contributed by atoms with E-state index in [9.17, 15) is 26.4 Å². The van der Waals surface area contributed by atoms with Gasteiger partial charge in [-0.25, -0.2) is 8.42 Å². The van der Waals surface area contributed by atoms with Gasteiger partial charge in [0.25, 0.3) is 0 Å². The Bertz CT molecular complexity index is 2240. The molecule has 2 bridgehead atoms. The zero-order valence-corrected chi connectivity index (χ0v) is 29.5. The molecule has 5 fully saturated rings. The monoisotopic (exact) mass is 736 g/mol. The average Bonchev–Trinajstić information content (AvgIpc) is 3.58. The number of halogens is 3. The van der Waals surface area contributed by atoms with Crippen LogP contribution in [0, 0.1) is 18.3 Å². The summed E-state index contributed by atoms with van der Waals surface area (Å²) in [5.74, 6) is 0.423. The summed E-state index contributed by atoms with van der Waals surface area (Å²) in [6.07, 6.45) is 2.16. The van der Waals surface area contributed by atoms with Crippen molar-refractivity contribution < 1.29 is 35.9 Å². The SMILES string of the molecule is C=CC(=O)N1CC2(CCN(c3nc(O[C@H]4C[C@@H]5C[C@H]4CS5(=O)=O)nc4c(OCC(F)(F)F)c(-c5c(C)ccc6[nH]ncc56)c(C5CC5)cc34)CC2)C1. The van der Waals surface area contributed by atoms with Gasteiger partial charge in [0.2, 0.25) is 5.91 Å². The van der Waals surface area contributed by atoms with Crippen molar-refractivity contribution in [3.8, 4) is 22.9 Å². The number of carbonyl (C=O) groups excluding carboxylic acids is 1. The summed E-state index contributed by atoms with van der Waals surface area (Å²) in [5.41, 5.74) is 3.97. The molecule has 2 aromatic heterocycles. The number of aromatic nitrogens is 4. The molecule has 52 heavy (non-hydrogen) atoms. The van der Waals surface area contributed by atoms with Gasteiger partial charge in [-0.1, -0.05) is 12.6 Å². The Hall–Kier alpha value is -4.40. The van der Waals surface area contributed by atoms with Crippen LogP contribution in [0.1, 0.15) is 55.6 Å². The maximum absolute atomic E-state index is 14.0. The third kappa shape index (κ3) is 5.66. The summed E-state index contributed by atoms with van der Waals surface area (Å²) in [7, 11) is -3.17. The maximum Gasteiger partial charge on any atom is 0.422 e. The summed E-state index contributed by atoms with van der Waals surface area (Å²) in [6.45, 7) is 6.55. The highest BCUT2D eigenvalue weighted by molar-refractivity contribution is 7.92. The first-order valence-corrected chi connectivity index (χ1v) is 19.6. The van der Waals surface area contributed by atoms with Crippen LogP contribution in [-0.2, 0) is 14.6 Å². The number of fused-ring (bicyclic) bond motifs is 4. The van der Waals surface area contributed by atoms with Gasteiger partial charge in [0, 0.05) is 60.3 Å². The Labute approximate surface area is 298 Å². The molecule has 2 aliphatic carbocycles. The summed E-state index contributed by atoms with van der Waals surface area (Å²) >= 11 is 0. The minimum absolute atomic E-state index is 0.00986. The first-order valence-electron chi connectivity index (χ1n) is 17.9. The van der Waals surface area contributed by atoms with Crippen LogP contribution in [0.25, 0.3) is 32.9 Å². The van der Waals surface area contributed by atoms with Crippen molar-refractivity contribution in [1.82, 2.24) is 25.1 Å². The average molecular weight is 737 g/mol. The van der Waals surface area contributed by atoms with E-state index in [0.29, 0.717) is 55.8 Å². The second-order valence-corrected chi connectivity index (χ2v) is 17.7. The number of amides is 1. The number of hydrogen-bond acceptors (Lipinski definition) is 9. The molecule has 3 saturated heterocycles. The van der Waals surface area contributed by atoms with Crippen molar-refractivity contribution in [2.24, 2.45) is 11.3 Å². The molecule has 3 atom stereocenters. The number of carbonyl (C=O) groups is 1. The summed E-state index contributed by atoms with van der Waals surface area (Å²) < 4.78 is 79.5. The van der Waals surface area contributed by atoms with E-state index >= 15 is 0 Å². The number of hydrogen-bond donors (Lipinski definition) is 1. The molecule has 1 N–H and O–H groups in total. The Morgan fingerprint density at radius 2 is 1.88 bits per heavy atom. The number of benzene rings is 2. The maximum atomic E-state index is 14.0. The highest BCUT2D eigenvalue weighted by Gasteiger charge is 2.51. The predicted molar refractivity (Wildman–Crippen MR) is 188 cm³/mol. The lowest BCUT2D eigenvalue weighted by molar-refractivity contribution is -0.153. The van der Waals surface area contributed by atoms with Crippen molar-refractivity contribution in [2.75, 3.05) is 43.4 Å². The van der Waals surface area contributed by atoms with Gasteiger partial charge in [-0.3, -0.25) is 9.89 Å². The van der Waals surface area contributed by atoms with Gasteiger partial charge in [0.05, 0.1) is 22.7 Å². The highest BCUT2D eigenvalue weighted by Crippen LogP contribution is 2.53. The van der Waals surface area contributed by atoms with Crippen molar-refractivity contribution in [3.05, 3.63) is 48.2 Å². The smallest absolute Gasteiger partial charge is 0.422 e. The standard InChI is InChI=1S/C37H39F3N6O5S/c1-3-29(47)46-17-36(18-46)8-10-45(11-9-36)34-25-14-24(21-5-6-21)31(30-20(2)4-7-27-26(30)15-41-44-27)33(50-19-37(38,39)40)32(25)42-35(43-34)51-28-13-23-12-22(28)16-52(23,48)49/h3-4,7,14-15,21-23,28H,1,5-6,8-13,16-19H2,2H3,(H,41,44)/t22-,23-,28-/m0/s1. The van der Waals surface area contributed by atoms with E-state index in [1.807, 2.05) is 25.1 Å². The highest BCUT2D eigenvalue weighted by atomic mass is 32.2. The quantitative estimate of drug-likeness (QED) is 0.221. The molecule has 3 aliphatic heterocycles. The van der Waals surface area contributed by atoms with Crippen molar-refractivity contribution in [1.29, 1.82) is 0 Å². The number of nitrogens with one attached hydrogen (secondary N) is 1. The van der Waals surface area contributed by atoms with Crippen LogP contribution in [0.3, 0.4) is 0 Å². The first-order chi connectivity index (χ1) is 24.8. The Balaban J connectivity index is 1.20. The number of ether oxygens (including phenoxy) is 2. The fraction of sp³-hybridized carbons (Fsp3) is 0.514. The number of likely N-dealkylation sites (tertiary alicyclic amines) is 1. The largest absolute Gasteiger partial charge is 0.481 e. The van der Waals surface area contributed by atoms with Crippen LogP contribution in [0.4, 0.5) is 19.0 Å². The fourth-order valence-corrected chi connectivity index (χ4v) is 11.3. The minimum atomic E-state index is -4.62. The summed E-state index contributed by atoms with van der Waals surface area (Å²) in [4.78, 5) is 25.9. The molecule has 0 radical (unpaired) electrons. The number of piperidine rings is 1. The lowest BCUT2D eigenvalue weighted by atomic mass is 9.72. The van der Waals surface area contributed by atoms with E-state index in [2.05, 4.69) is 21.7 Å². The van der Waals surface area contributed by atoms with Crippen molar-refractivity contribution in [3.63, 3.8) is 0 Å². The lowest BCUT2D eigenvalue weighted by Gasteiger charge is -2.54. The van der Waals surface area contributed by atoms with Gasteiger partial charge in [-0.05, 0) is 79.8 Å². The molecule has 15 heteroatoms. The number of alkyl halides is 3. The molecule has 9 rings (SSSR count). The summed E-state index contributed by atoms with van der Waals surface area (Å²) in [5, 5.41) is 8.10. The fourth-order valence-electron chi connectivity index (χ4n) is 9.02. The molecule has 2 saturated carbocycles. The summed E-state index contributed by atoms with van der Waals surface area (Å²) in [6, 6.07) is 5.84. The van der Waals surface area contributed by atoms with Gasteiger partial charge in [0.15, 0.2) is 22.2 Å². The van der Waals surface area contributed by atoms with Crippen LogP contribution >= 0.6 is 0 Å². The second kappa shape index (κ2) is 11.8. The third-order valence-electron chi connectivity index (χ3n) is 11.9. The Morgan fingerprint density at radius 3 is 2.54 bits per heavy atom. The normalized spacial score (nSPS) is 24.8. The third-order valence-corrected chi connectivity index (χ3v) is 14.2. The van der Waals surface area contributed by atoms with Gasteiger partial charge < -0.3 is 19.3 Å². The molecule has 5 heterocycles. The Kier molecular flexibility index (Phi) is 7.59. The minimum Gasteiger partial charge on any atom is -0.481 e. The van der Waals surface area contributed by atoms with Crippen LogP contribution < -0.4 is 14.4 Å². The molecular formula is C37H39F3N6O5S. The molecule has 274 valence electrons. The van der Waals surface area contributed by atoms with E-state index < -0.39 is 34.0 Å². The van der Waals surface area contributed by atoms with Crippen LogP contribution in [0.5, 0.6) is 11.8 Å². The molecule has 4 aromatic rings. The van der Waals surface area contributed by atoms with Crippen LogP contribution in [-0.4, -0.2) is 95.5 Å². The number of rotatable bonds is 8. The molecule has 2 aromatic carbocycles. The number of H-pyrrole nitrogens is 1. The van der Waals surface area contributed by atoms with E-state index in [1.54, 1.807) is 11.1 Å². The van der Waals surface area contributed by atoms with E-state index in [1.165, 1.54) is 6.08 Å². The Morgan fingerprint density at radius 1 is 1.12 bits per heavy atom. The molecular weight excluding hydrogens is 698 g/mol. The van der Waals surface area contributed by atoms with Crippen LogP contribution in [0.2, 0.25) is 0 Å². The number of sulfone groups is 1. The van der Waals surface area contributed by atoms with Gasteiger partial charge in [-0.15, -0.1) is 0 Å². The number of anilines is 1. The number of aryl methyl sites for hydroxylation is 1. The lowest BCUT2D eigenvalue weighted by Crippen LogP contribution is -2.61. The molecule has 1 amide bonds. The van der Waals surface area contributed by atoms with E-state index in [-0.39, 0.29) is 46.2 Å². The van der Waals surface area contributed by atoms with Gasteiger partial charge in [-0.2, -0.15) is 28.2 Å². The predicted octanol–water partition coefficient (Wildman–Crippen LogP) is 5.87. The van der Waals surface area contributed by atoms with E-state index in [0.717, 1.165) is 53.3 Å². The van der Waals surface area contributed by atoms with Gasteiger partial charge >= 0.3 is 12.2 Å². The second-order valence-electron chi connectivity index (χ2n) is 15.4. The first kappa shape index (κ1) is 33.4. The number of nitrogens with zero attached hydrogens (tertiary/aromatic N) is 5.